The Hall–Kier alpha value is -0.960. The maximum Gasteiger partial charge on any atom is 0.243 e. The third-order valence-corrected chi connectivity index (χ3v) is 7.06. The number of sulfonamides is 1. The van der Waals surface area contributed by atoms with Crippen molar-refractivity contribution in [2.75, 3.05) is 19.3 Å². The summed E-state index contributed by atoms with van der Waals surface area (Å²) in [5.74, 6) is 0.132. The molecule has 1 aromatic carbocycles. The average molecular weight is 361 g/mol. The van der Waals surface area contributed by atoms with Crippen LogP contribution in [0.1, 0.15) is 25.3 Å². The maximum absolute atomic E-state index is 12.9. The molecular weight excluding hydrogens is 336 g/mol. The third kappa shape index (κ3) is 4.32. The van der Waals surface area contributed by atoms with Gasteiger partial charge in [0.05, 0.1) is 10.6 Å². The van der Waals surface area contributed by atoms with Crippen molar-refractivity contribution >= 4 is 19.9 Å². The first kappa shape index (κ1) is 18.4. The highest BCUT2D eigenvalue weighted by Crippen LogP contribution is 2.28. The van der Waals surface area contributed by atoms with E-state index >= 15 is 0 Å². The molecule has 1 saturated heterocycles. The van der Waals surface area contributed by atoms with E-state index in [1.807, 2.05) is 6.92 Å². The Bertz CT molecular complexity index is 742. The van der Waals surface area contributed by atoms with Crippen molar-refractivity contribution in [2.45, 2.75) is 36.5 Å². The van der Waals surface area contributed by atoms with E-state index in [2.05, 4.69) is 0 Å². The second-order valence-electron chi connectivity index (χ2n) is 6.25. The fourth-order valence-electron chi connectivity index (χ4n) is 3.06. The van der Waals surface area contributed by atoms with Crippen molar-refractivity contribution in [1.29, 1.82) is 0 Å². The van der Waals surface area contributed by atoms with Gasteiger partial charge in [0.25, 0.3) is 0 Å². The lowest BCUT2D eigenvalue weighted by molar-refractivity contribution is 0.192. The van der Waals surface area contributed by atoms with Gasteiger partial charge in [0.1, 0.15) is 0 Å². The van der Waals surface area contributed by atoms with Crippen LogP contribution in [0.25, 0.3) is 0 Å². The maximum atomic E-state index is 12.9. The van der Waals surface area contributed by atoms with E-state index in [-0.39, 0.29) is 22.6 Å². The smallest absolute Gasteiger partial charge is 0.243 e. The number of rotatable bonds is 5. The SMILES string of the molecule is C[C@H]1CCCN(S(=O)(=O)c2ccc(CS(C)(=O)=O)cc2)[C@@H]1CN. The molecule has 0 aromatic heterocycles. The van der Waals surface area contributed by atoms with Crippen molar-refractivity contribution in [1.82, 2.24) is 4.31 Å². The molecule has 0 spiro atoms. The Balaban J connectivity index is 2.28. The third-order valence-electron chi connectivity index (χ3n) is 4.27. The number of hydrogen-bond acceptors (Lipinski definition) is 5. The molecule has 0 aliphatic carbocycles. The predicted octanol–water partition coefficient (Wildman–Crippen LogP) is 0.979. The minimum absolute atomic E-state index is 0.0977. The summed E-state index contributed by atoms with van der Waals surface area (Å²) < 4.78 is 49.8. The van der Waals surface area contributed by atoms with Gasteiger partial charge < -0.3 is 5.73 Å². The predicted molar refractivity (Wildman–Crippen MR) is 90.1 cm³/mol. The number of nitrogens with two attached hydrogens (primary N) is 1. The largest absolute Gasteiger partial charge is 0.329 e. The molecule has 8 heteroatoms. The van der Waals surface area contributed by atoms with Crippen LogP contribution in [-0.2, 0) is 25.6 Å². The summed E-state index contributed by atoms with van der Waals surface area (Å²) in [6, 6.07) is 5.87. The van der Waals surface area contributed by atoms with Gasteiger partial charge in [-0.25, -0.2) is 16.8 Å². The van der Waals surface area contributed by atoms with Crippen LogP contribution in [0.3, 0.4) is 0 Å². The van der Waals surface area contributed by atoms with Gasteiger partial charge in [0, 0.05) is 25.4 Å². The van der Waals surface area contributed by atoms with Gasteiger partial charge in [-0.1, -0.05) is 19.1 Å². The van der Waals surface area contributed by atoms with E-state index in [1.165, 1.54) is 16.4 Å². The number of nitrogens with zero attached hydrogens (tertiary/aromatic N) is 1. The van der Waals surface area contributed by atoms with Crippen molar-refractivity contribution < 1.29 is 16.8 Å². The molecule has 2 rings (SSSR count). The molecule has 0 bridgehead atoms. The lowest BCUT2D eigenvalue weighted by Crippen LogP contribution is -2.51. The number of hydrogen-bond donors (Lipinski definition) is 1. The zero-order valence-corrected chi connectivity index (χ0v) is 15.1. The van der Waals surface area contributed by atoms with E-state index in [0.29, 0.717) is 18.7 Å². The van der Waals surface area contributed by atoms with Gasteiger partial charge in [-0.05, 0) is 36.5 Å². The van der Waals surface area contributed by atoms with E-state index in [0.717, 1.165) is 19.1 Å². The minimum Gasteiger partial charge on any atom is -0.329 e. The second kappa shape index (κ2) is 6.88. The van der Waals surface area contributed by atoms with E-state index in [1.54, 1.807) is 12.1 Å². The molecule has 6 nitrogen and oxygen atoms in total. The summed E-state index contributed by atoms with van der Waals surface area (Å²) in [6.45, 7) is 2.79. The quantitative estimate of drug-likeness (QED) is 0.844. The molecule has 1 aromatic rings. The molecule has 1 aliphatic heterocycles. The highest BCUT2D eigenvalue weighted by molar-refractivity contribution is 7.90. The first-order valence-corrected chi connectivity index (χ1v) is 11.1. The lowest BCUT2D eigenvalue weighted by Gasteiger charge is -2.38. The molecule has 23 heavy (non-hydrogen) atoms. The molecule has 0 amide bonds. The Morgan fingerprint density at radius 2 is 1.78 bits per heavy atom. The van der Waals surface area contributed by atoms with Crippen LogP contribution in [-0.4, -0.2) is 46.5 Å². The summed E-state index contributed by atoms with van der Waals surface area (Å²) in [5.41, 5.74) is 6.36. The molecule has 1 fully saturated rings. The first-order chi connectivity index (χ1) is 10.6. The van der Waals surface area contributed by atoms with Crippen molar-refractivity contribution in [3.05, 3.63) is 29.8 Å². The molecular formula is C15H24N2O4S2. The van der Waals surface area contributed by atoms with Gasteiger partial charge >= 0.3 is 0 Å². The Morgan fingerprint density at radius 3 is 2.30 bits per heavy atom. The molecule has 1 aliphatic rings. The van der Waals surface area contributed by atoms with Gasteiger partial charge in [0.2, 0.25) is 10.0 Å². The van der Waals surface area contributed by atoms with Gasteiger partial charge in [0.15, 0.2) is 9.84 Å². The molecule has 0 unspecified atom stereocenters. The van der Waals surface area contributed by atoms with Crippen LogP contribution < -0.4 is 5.73 Å². The van der Waals surface area contributed by atoms with Crippen molar-refractivity contribution in [2.24, 2.45) is 11.7 Å². The lowest BCUT2D eigenvalue weighted by atomic mass is 9.93. The van der Waals surface area contributed by atoms with Crippen LogP contribution >= 0.6 is 0 Å². The summed E-state index contributed by atoms with van der Waals surface area (Å²) >= 11 is 0. The Morgan fingerprint density at radius 1 is 1.17 bits per heavy atom. The minimum atomic E-state index is -3.61. The van der Waals surface area contributed by atoms with E-state index in [9.17, 15) is 16.8 Å². The summed E-state index contributed by atoms with van der Waals surface area (Å²) in [4.78, 5) is 0.183. The molecule has 0 radical (unpaired) electrons. The summed E-state index contributed by atoms with van der Waals surface area (Å²) in [6.07, 6.45) is 2.95. The highest BCUT2D eigenvalue weighted by Gasteiger charge is 2.36. The van der Waals surface area contributed by atoms with Gasteiger partial charge in [-0.15, -0.1) is 0 Å². The standard InChI is InChI=1S/C15H24N2O4S2/c1-12-4-3-9-17(15(12)10-16)23(20,21)14-7-5-13(6-8-14)11-22(2,18)19/h5-8,12,15H,3-4,9-11,16H2,1-2H3/t12-,15+/m0/s1. The zero-order chi connectivity index (χ0) is 17.3. The van der Waals surface area contributed by atoms with Crippen LogP contribution in [0.4, 0.5) is 0 Å². The van der Waals surface area contributed by atoms with E-state index < -0.39 is 19.9 Å². The van der Waals surface area contributed by atoms with Gasteiger partial charge in [-0.3, -0.25) is 0 Å². The fraction of sp³-hybridized carbons (Fsp3) is 0.600. The normalized spacial score (nSPS) is 23.8. The zero-order valence-electron chi connectivity index (χ0n) is 13.5. The molecule has 1 heterocycles. The number of sulfone groups is 1. The fourth-order valence-corrected chi connectivity index (χ4v) is 5.62. The molecule has 2 N–H and O–H groups in total. The monoisotopic (exact) mass is 360 g/mol. The van der Waals surface area contributed by atoms with Crippen LogP contribution in [0.5, 0.6) is 0 Å². The molecule has 130 valence electrons. The van der Waals surface area contributed by atoms with Crippen molar-refractivity contribution in [3.8, 4) is 0 Å². The van der Waals surface area contributed by atoms with Crippen LogP contribution in [0.2, 0.25) is 0 Å². The van der Waals surface area contributed by atoms with Gasteiger partial charge in [-0.2, -0.15) is 4.31 Å². The molecule has 0 saturated carbocycles. The summed E-state index contributed by atoms with van der Waals surface area (Å²) in [7, 11) is -6.76. The Kier molecular flexibility index (Phi) is 5.50. The van der Waals surface area contributed by atoms with Crippen LogP contribution in [0, 0.1) is 5.92 Å². The van der Waals surface area contributed by atoms with Crippen LogP contribution in [0.15, 0.2) is 29.2 Å². The number of benzene rings is 1. The Labute approximate surface area is 138 Å². The average Bonchev–Trinajstić information content (AvgIpc) is 2.45. The molecule has 2 atom stereocenters. The first-order valence-electron chi connectivity index (χ1n) is 7.64. The highest BCUT2D eigenvalue weighted by atomic mass is 32.2. The van der Waals surface area contributed by atoms with E-state index in [4.69, 9.17) is 5.73 Å². The topological polar surface area (TPSA) is 97.5 Å². The second-order valence-corrected chi connectivity index (χ2v) is 10.3. The number of piperidine rings is 1. The summed E-state index contributed by atoms with van der Waals surface area (Å²) in [5, 5.41) is 0. The van der Waals surface area contributed by atoms with Crippen molar-refractivity contribution in [3.63, 3.8) is 0 Å².